The Labute approximate surface area is 130 Å². The summed E-state index contributed by atoms with van der Waals surface area (Å²) in [5, 5.41) is 3.70. The van der Waals surface area contributed by atoms with E-state index >= 15 is 0 Å². The van der Waals surface area contributed by atoms with Gasteiger partial charge in [0.1, 0.15) is 0 Å². The lowest BCUT2D eigenvalue weighted by atomic mass is 9.92. The van der Waals surface area contributed by atoms with E-state index in [1.165, 1.54) is 37.7 Å². The summed E-state index contributed by atoms with van der Waals surface area (Å²) in [5.74, 6) is 0. The van der Waals surface area contributed by atoms with Crippen LogP contribution in [0.4, 0.5) is 0 Å². The average molecular weight is 288 g/mol. The molecule has 0 aliphatic heterocycles. The minimum absolute atomic E-state index is 0.167. The van der Waals surface area contributed by atoms with Crippen molar-refractivity contribution < 1.29 is 0 Å². The third kappa shape index (κ3) is 5.12. The summed E-state index contributed by atoms with van der Waals surface area (Å²) >= 11 is 0. The zero-order valence-electron chi connectivity index (χ0n) is 14.2. The highest BCUT2D eigenvalue weighted by molar-refractivity contribution is 5.19. The smallest absolute Gasteiger partial charge is 0.0472 e. The fourth-order valence-corrected chi connectivity index (χ4v) is 3.32. The molecule has 1 fully saturated rings. The molecule has 0 heterocycles. The van der Waals surface area contributed by atoms with Crippen molar-refractivity contribution in [1.29, 1.82) is 0 Å². The molecule has 1 saturated carbocycles. The molecule has 0 spiro atoms. The number of hydrogen-bond donors (Lipinski definition) is 1. The van der Waals surface area contributed by atoms with Crippen LogP contribution in [0.25, 0.3) is 0 Å². The Morgan fingerprint density at radius 3 is 2.29 bits per heavy atom. The first-order valence-electron chi connectivity index (χ1n) is 8.49. The highest BCUT2D eigenvalue weighted by Crippen LogP contribution is 2.29. The number of benzene rings is 1. The molecular formula is C19H32N2. The number of likely N-dealkylation sites (N-methyl/N-ethyl adjacent to an activating group) is 1. The molecule has 0 aromatic heterocycles. The van der Waals surface area contributed by atoms with Gasteiger partial charge in [0.15, 0.2) is 0 Å². The van der Waals surface area contributed by atoms with E-state index in [9.17, 15) is 0 Å². The van der Waals surface area contributed by atoms with E-state index in [1.807, 2.05) is 0 Å². The summed E-state index contributed by atoms with van der Waals surface area (Å²) < 4.78 is 0. The summed E-state index contributed by atoms with van der Waals surface area (Å²) in [6, 6.07) is 12.2. The third-order valence-electron chi connectivity index (χ3n) is 4.65. The Bertz CT molecular complexity index is 401. The lowest BCUT2D eigenvalue weighted by Crippen LogP contribution is -2.45. The van der Waals surface area contributed by atoms with Gasteiger partial charge < -0.3 is 5.32 Å². The Morgan fingerprint density at radius 1 is 1.10 bits per heavy atom. The van der Waals surface area contributed by atoms with Crippen LogP contribution in [0, 0.1) is 0 Å². The average Bonchev–Trinajstić information content (AvgIpc) is 2.48. The SMILES string of the molecule is CN(C1CCCCC1)C(CNC(C)(C)C)c1ccccc1. The summed E-state index contributed by atoms with van der Waals surface area (Å²) in [4.78, 5) is 2.62. The maximum Gasteiger partial charge on any atom is 0.0472 e. The second kappa shape index (κ2) is 7.42. The first-order valence-corrected chi connectivity index (χ1v) is 8.49. The molecule has 118 valence electrons. The Morgan fingerprint density at radius 2 is 1.71 bits per heavy atom. The van der Waals surface area contributed by atoms with Crippen LogP contribution in [0.2, 0.25) is 0 Å². The first kappa shape index (κ1) is 16.5. The van der Waals surface area contributed by atoms with E-state index in [4.69, 9.17) is 0 Å². The topological polar surface area (TPSA) is 15.3 Å². The minimum atomic E-state index is 0.167. The van der Waals surface area contributed by atoms with Crippen molar-refractivity contribution >= 4 is 0 Å². The van der Waals surface area contributed by atoms with Gasteiger partial charge in [0.2, 0.25) is 0 Å². The second-order valence-electron chi connectivity index (χ2n) is 7.51. The molecule has 1 N–H and O–H groups in total. The van der Waals surface area contributed by atoms with Crippen LogP contribution in [-0.2, 0) is 0 Å². The van der Waals surface area contributed by atoms with Crippen molar-refractivity contribution in [2.24, 2.45) is 0 Å². The third-order valence-corrected chi connectivity index (χ3v) is 4.65. The van der Waals surface area contributed by atoms with Crippen molar-refractivity contribution in [2.75, 3.05) is 13.6 Å². The summed E-state index contributed by atoms with van der Waals surface area (Å²) in [7, 11) is 2.32. The van der Waals surface area contributed by atoms with E-state index in [2.05, 4.69) is 68.4 Å². The molecule has 1 unspecified atom stereocenters. The van der Waals surface area contributed by atoms with Gasteiger partial charge in [-0.3, -0.25) is 4.90 Å². The Kier molecular flexibility index (Phi) is 5.83. The van der Waals surface area contributed by atoms with Crippen LogP contribution >= 0.6 is 0 Å². The molecule has 0 bridgehead atoms. The number of hydrogen-bond acceptors (Lipinski definition) is 2. The fraction of sp³-hybridized carbons (Fsp3) is 0.684. The zero-order chi connectivity index (χ0) is 15.3. The highest BCUT2D eigenvalue weighted by atomic mass is 15.2. The fourth-order valence-electron chi connectivity index (χ4n) is 3.32. The van der Waals surface area contributed by atoms with Crippen molar-refractivity contribution in [3.8, 4) is 0 Å². The maximum atomic E-state index is 3.70. The van der Waals surface area contributed by atoms with Crippen LogP contribution in [0.1, 0.15) is 64.5 Å². The van der Waals surface area contributed by atoms with Crippen molar-refractivity contribution in [3.63, 3.8) is 0 Å². The van der Waals surface area contributed by atoms with E-state index in [0.717, 1.165) is 12.6 Å². The quantitative estimate of drug-likeness (QED) is 0.865. The largest absolute Gasteiger partial charge is 0.310 e. The van der Waals surface area contributed by atoms with E-state index in [1.54, 1.807) is 0 Å². The van der Waals surface area contributed by atoms with Crippen molar-refractivity contribution in [3.05, 3.63) is 35.9 Å². The molecule has 1 aliphatic rings. The molecule has 1 aromatic carbocycles. The summed E-state index contributed by atoms with van der Waals surface area (Å²) in [6.45, 7) is 7.75. The molecule has 0 saturated heterocycles. The predicted molar refractivity (Wildman–Crippen MR) is 91.6 cm³/mol. The van der Waals surface area contributed by atoms with Crippen LogP contribution < -0.4 is 5.32 Å². The Hall–Kier alpha value is -0.860. The van der Waals surface area contributed by atoms with E-state index < -0.39 is 0 Å². The van der Waals surface area contributed by atoms with E-state index in [-0.39, 0.29) is 5.54 Å². The molecule has 1 atom stereocenters. The number of nitrogens with one attached hydrogen (secondary N) is 1. The van der Waals surface area contributed by atoms with Gasteiger partial charge in [0.25, 0.3) is 0 Å². The van der Waals surface area contributed by atoms with Gasteiger partial charge in [0, 0.05) is 24.2 Å². The van der Waals surface area contributed by atoms with Gasteiger partial charge in [-0.1, -0.05) is 49.6 Å². The Balaban J connectivity index is 2.10. The predicted octanol–water partition coefficient (Wildman–Crippen LogP) is 4.38. The van der Waals surface area contributed by atoms with Gasteiger partial charge in [-0.2, -0.15) is 0 Å². The summed E-state index contributed by atoms with van der Waals surface area (Å²) in [5.41, 5.74) is 1.60. The van der Waals surface area contributed by atoms with Crippen LogP contribution in [0.15, 0.2) is 30.3 Å². The first-order chi connectivity index (χ1) is 9.97. The number of nitrogens with zero attached hydrogens (tertiary/aromatic N) is 1. The second-order valence-corrected chi connectivity index (χ2v) is 7.51. The molecule has 21 heavy (non-hydrogen) atoms. The maximum absolute atomic E-state index is 3.70. The van der Waals surface area contributed by atoms with E-state index in [0.29, 0.717) is 6.04 Å². The monoisotopic (exact) mass is 288 g/mol. The lowest BCUT2D eigenvalue weighted by molar-refractivity contribution is 0.130. The minimum Gasteiger partial charge on any atom is -0.310 e. The van der Waals surface area contributed by atoms with Crippen LogP contribution in [0.5, 0.6) is 0 Å². The van der Waals surface area contributed by atoms with Gasteiger partial charge >= 0.3 is 0 Å². The van der Waals surface area contributed by atoms with Gasteiger partial charge in [0.05, 0.1) is 0 Å². The lowest BCUT2D eigenvalue weighted by Gasteiger charge is -2.39. The number of rotatable bonds is 5. The van der Waals surface area contributed by atoms with Gasteiger partial charge in [-0.15, -0.1) is 0 Å². The normalized spacial score (nSPS) is 18.9. The molecule has 1 aliphatic carbocycles. The van der Waals surface area contributed by atoms with Gasteiger partial charge in [-0.25, -0.2) is 0 Å². The molecule has 2 rings (SSSR count). The summed E-state index contributed by atoms with van der Waals surface area (Å²) in [6.07, 6.45) is 6.91. The standard InChI is InChI=1S/C19H32N2/c1-19(2,3)20-15-18(16-11-7-5-8-12-16)21(4)17-13-9-6-10-14-17/h5,7-8,11-12,17-18,20H,6,9-10,13-15H2,1-4H3. The molecule has 0 radical (unpaired) electrons. The van der Waals surface area contributed by atoms with Gasteiger partial charge in [-0.05, 0) is 46.2 Å². The molecule has 2 heteroatoms. The van der Waals surface area contributed by atoms with Crippen molar-refractivity contribution in [2.45, 2.75) is 70.5 Å². The molecule has 0 amide bonds. The highest BCUT2D eigenvalue weighted by Gasteiger charge is 2.26. The zero-order valence-corrected chi connectivity index (χ0v) is 14.2. The molecule has 1 aromatic rings. The van der Waals surface area contributed by atoms with Crippen LogP contribution in [-0.4, -0.2) is 30.1 Å². The molecular weight excluding hydrogens is 256 g/mol. The van der Waals surface area contributed by atoms with Crippen molar-refractivity contribution in [1.82, 2.24) is 10.2 Å². The molecule has 2 nitrogen and oxygen atoms in total. The van der Waals surface area contributed by atoms with Crippen LogP contribution in [0.3, 0.4) is 0 Å².